The van der Waals surface area contributed by atoms with Crippen LogP contribution in [0.5, 0.6) is 11.5 Å². The van der Waals surface area contributed by atoms with Crippen LogP contribution in [0.1, 0.15) is 85.1 Å². The van der Waals surface area contributed by atoms with Crippen LogP contribution in [0.15, 0.2) is 78.9 Å². The summed E-state index contributed by atoms with van der Waals surface area (Å²) in [5.41, 5.74) is 3.57. The van der Waals surface area contributed by atoms with E-state index in [-0.39, 0.29) is 11.9 Å². The normalized spacial score (nSPS) is 22.5. The number of phenolic OH excluding ortho intramolecular Hbond substituents is 1. The Hall–Kier alpha value is -3.07. The predicted octanol–water partition coefficient (Wildman–Crippen LogP) is 9.90. The molecule has 1 N–H and O–H groups in total. The molecule has 3 aromatic rings. The maximum atomic E-state index is 11.7. The maximum Gasteiger partial charge on any atom is 0.314 e. The van der Waals surface area contributed by atoms with Gasteiger partial charge in [0, 0.05) is 0 Å². The maximum absolute atomic E-state index is 11.7. The summed E-state index contributed by atoms with van der Waals surface area (Å²) in [6.45, 7) is 13.1. The van der Waals surface area contributed by atoms with E-state index in [4.69, 9.17) is 9.84 Å². The fraction of sp³-hybridized carbons (Fsp3) is 0.472. The third kappa shape index (κ3) is 8.71. The average Bonchev–Trinajstić information content (AvgIpc) is 3.57. The van der Waals surface area contributed by atoms with Gasteiger partial charge in [0.1, 0.15) is 11.5 Å². The molecule has 0 heterocycles. The van der Waals surface area contributed by atoms with Crippen LogP contribution in [0.2, 0.25) is 0 Å². The first-order valence-corrected chi connectivity index (χ1v) is 14.9. The first-order valence-electron chi connectivity index (χ1n) is 14.9. The highest BCUT2D eigenvalue weighted by atomic mass is 16.5. The van der Waals surface area contributed by atoms with E-state index in [1.165, 1.54) is 18.4 Å². The number of fused-ring (bicyclic) bond motifs is 2. The predicted molar refractivity (Wildman–Crippen MR) is 163 cm³/mol. The van der Waals surface area contributed by atoms with E-state index in [1.807, 2.05) is 68.4 Å². The van der Waals surface area contributed by atoms with Gasteiger partial charge in [0.25, 0.3) is 0 Å². The molecule has 3 heteroatoms. The van der Waals surface area contributed by atoms with Crippen molar-refractivity contribution in [3.63, 3.8) is 0 Å². The number of rotatable bonds is 6. The zero-order chi connectivity index (χ0) is 28.4. The Bertz CT molecular complexity index is 1100. The van der Waals surface area contributed by atoms with Crippen molar-refractivity contribution < 1.29 is 14.6 Å². The molecule has 2 saturated carbocycles. The summed E-state index contributed by atoms with van der Waals surface area (Å²) in [6, 6.07) is 25.1. The molecule has 0 saturated heterocycles. The standard InChI is InChI=1S/C17H18O2.C10H14O.C9H16/c1-3-13(2)17(18)19-16-11-9-15(10-12-16)14-7-5-4-6-8-14;1-3-8(2)9-4-6-10(11)7-5-9;1-6-7(2)9-4-3-8(6)5-9/h4-13H,3H2,1-2H3;4-8,11H,3H2,1-2H3;6-9H,3-5H2,1-2H3. The van der Waals surface area contributed by atoms with Gasteiger partial charge in [0.05, 0.1) is 5.92 Å². The zero-order valence-electron chi connectivity index (χ0n) is 24.8. The third-order valence-corrected chi connectivity index (χ3v) is 9.10. The molecule has 0 amide bonds. The van der Waals surface area contributed by atoms with Gasteiger partial charge in [-0.1, -0.05) is 96.1 Å². The number of ether oxygens (including phenoxy) is 1. The summed E-state index contributed by atoms with van der Waals surface area (Å²) in [4.78, 5) is 11.7. The van der Waals surface area contributed by atoms with Gasteiger partial charge in [0.15, 0.2) is 0 Å². The molecular weight excluding hydrogens is 480 g/mol. The van der Waals surface area contributed by atoms with Crippen LogP contribution >= 0.6 is 0 Å². The topological polar surface area (TPSA) is 46.5 Å². The Balaban J connectivity index is 0.000000177. The van der Waals surface area contributed by atoms with E-state index >= 15 is 0 Å². The number of hydrogen-bond acceptors (Lipinski definition) is 3. The molecule has 0 radical (unpaired) electrons. The van der Waals surface area contributed by atoms with Gasteiger partial charge in [-0.05, 0) is 103 Å². The van der Waals surface area contributed by atoms with E-state index in [0.717, 1.165) is 47.6 Å². The minimum Gasteiger partial charge on any atom is -0.508 e. The van der Waals surface area contributed by atoms with E-state index in [0.29, 0.717) is 17.4 Å². The molecule has 0 aliphatic heterocycles. The van der Waals surface area contributed by atoms with Crippen molar-refractivity contribution in [3.05, 3.63) is 84.4 Å². The van der Waals surface area contributed by atoms with E-state index in [2.05, 4.69) is 39.8 Å². The van der Waals surface area contributed by atoms with Gasteiger partial charge in [0.2, 0.25) is 0 Å². The lowest BCUT2D eigenvalue weighted by molar-refractivity contribution is -0.138. The molecule has 210 valence electrons. The number of phenols is 1. The monoisotopic (exact) mass is 528 g/mol. The Morgan fingerprint density at radius 2 is 1.33 bits per heavy atom. The van der Waals surface area contributed by atoms with Crippen LogP contribution < -0.4 is 4.74 Å². The Labute approximate surface area is 236 Å². The molecule has 2 bridgehead atoms. The van der Waals surface area contributed by atoms with Gasteiger partial charge >= 0.3 is 5.97 Å². The van der Waals surface area contributed by atoms with Crippen LogP contribution in [0.4, 0.5) is 0 Å². The van der Waals surface area contributed by atoms with Crippen molar-refractivity contribution >= 4 is 5.97 Å². The van der Waals surface area contributed by atoms with Gasteiger partial charge in [-0.25, -0.2) is 0 Å². The lowest BCUT2D eigenvalue weighted by atomic mass is 9.82. The van der Waals surface area contributed by atoms with Gasteiger partial charge in [-0.15, -0.1) is 0 Å². The molecular formula is C36H48O3. The number of carbonyl (C=O) groups excluding carboxylic acids is 1. The summed E-state index contributed by atoms with van der Waals surface area (Å²) < 4.78 is 5.32. The molecule has 2 aliphatic rings. The highest BCUT2D eigenvalue weighted by Gasteiger charge is 2.42. The summed E-state index contributed by atoms with van der Waals surface area (Å²) in [7, 11) is 0. The van der Waals surface area contributed by atoms with Crippen LogP contribution in [-0.2, 0) is 4.79 Å². The fourth-order valence-electron chi connectivity index (χ4n) is 5.63. The highest BCUT2D eigenvalue weighted by molar-refractivity contribution is 5.75. The second kappa shape index (κ2) is 14.9. The molecule has 39 heavy (non-hydrogen) atoms. The van der Waals surface area contributed by atoms with Crippen LogP contribution in [0.25, 0.3) is 11.1 Å². The first-order chi connectivity index (χ1) is 18.7. The van der Waals surface area contributed by atoms with E-state index in [9.17, 15) is 4.79 Å². The minimum absolute atomic E-state index is 0.0613. The Kier molecular flexibility index (Phi) is 11.7. The van der Waals surface area contributed by atoms with Gasteiger partial charge in [-0.2, -0.15) is 0 Å². The molecule has 2 aliphatic carbocycles. The van der Waals surface area contributed by atoms with Crippen LogP contribution in [0, 0.1) is 29.6 Å². The van der Waals surface area contributed by atoms with Crippen molar-refractivity contribution in [1.29, 1.82) is 0 Å². The zero-order valence-corrected chi connectivity index (χ0v) is 24.8. The van der Waals surface area contributed by atoms with Gasteiger partial charge in [-0.3, -0.25) is 4.79 Å². The summed E-state index contributed by atoms with van der Waals surface area (Å²) in [5.74, 6) is 5.63. The second-order valence-electron chi connectivity index (χ2n) is 11.6. The Morgan fingerprint density at radius 3 is 1.79 bits per heavy atom. The van der Waals surface area contributed by atoms with Crippen molar-refractivity contribution in [2.75, 3.05) is 0 Å². The number of carbonyl (C=O) groups is 1. The smallest absolute Gasteiger partial charge is 0.314 e. The average molecular weight is 529 g/mol. The Morgan fingerprint density at radius 1 is 0.795 bits per heavy atom. The number of esters is 1. The fourth-order valence-corrected chi connectivity index (χ4v) is 5.63. The van der Waals surface area contributed by atoms with Gasteiger partial charge < -0.3 is 9.84 Å². The molecule has 6 unspecified atom stereocenters. The van der Waals surface area contributed by atoms with Crippen molar-refractivity contribution in [2.24, 2.45) is 29.6 Å². The largest absolute Gasteiger partial charge is 0.508 e. The summed E-state index contributed by atoms with van der Waals surface area (Å²) in [5, 5.41) is 9.01. The highest BCUT2D eigenvalue weighted by Crippen LogP contribution is 2.51. The molecule has 3 aromatic carbocycles. The third-order valence-electron chi connectivity index (χ3n) is 9.10. The van der Waals surface area contributed by atoms with E-state index < -0.39 is 0 Å². The second-order valence-corrected chi connectivity index (χ2v) is 11.6. The molecule has 2 fully saturated rings. The van der Waals surface area contributed by atoms with Crippen LogP contribution in [-0.4, -0.2) is 11.1 Å². The quantitative estimate of drug-likeness (QED) is 0.256. The molecule has 6 atom stereocenters. The minimum atomic E-state index is -0.171. The summed E-state index contributed by atoms with van der Waals surface area (Å²) in [6.07, 6.45) is 6.57. The summed E-state index contributed by atoms with van der Waals surface area (Å²) >= 11 is 0. The first kappa shape index (κ1) is 30.5. The van der Waals surface area contributed by atoms with Crippen molar-refractivity contribution in [1.82, 2.24) is 0 Å². The van der Waals surface area contributed by atoms with Crippen LogP contribution in [0.3, 0.4) is 0 Å². The van der Waals surface area contributed by atoms with E-state index in [1.54, 1.807) is 18.6 Å². The lowest BCUT2D eigenvalue weighted by Crippen LogP contribution is -2.16. The number of hydrogen-bond donors (Lipinski definition) is 1. The van der Waals surface area contributed by atoms with Crippen molar-refractivity contribution in [2.45, 2.75) is 79.6 Å². The molecule has 0 spiro atoms. The molecule has 0 aromatic heterocycles. The number of benzene rings is 3. The number of aromatic hydroxyl groups is 1. The lowest BCUT2D eigenvalue weighted by Gasteiger charge is -2.24. The molecule has 5 rings (SSSR count). The SMILES string of the molecule is CC1C2CCC(C2)C1C.CCC(C)C(=O)Oc1ccc(-c2ccccc2)cc1.CCC(C)c1ccc(O)cc1. The molecule has 3 nitrogen and oxygen atoms in total. The van der Waals surface area contributed by atoms with Crippen molar-refractivity contribution in [3.8, 4) is 22.6 Å².